The minimum atomic E-state index is -0.752. The van der Waals surface area contributed by atoms with Gasteiger partial charge in [0.25, 0.3) is 0 Å². The molecule has 1 atom stereocenters. The maximum atomic E-state index is 11.4. The average Bonchev–Trinajstić information content (AvgIpc) is 2.36. The number of nitrogens with two attached hydrogens (primary N) is 1. The van der Waals surface area contributed by atoms with E-state index in [-0.39, 0.29) is 13.0 Å². The van der Waals surface area contributed by atoms with Crippen molar-refractivity contribution in [2.24, 2.45) is 5.73 Å². The molecule has 17 heavy (non-hydrogen) atoms. The summed E-state index contributed by atoms with van der Waals surface area (Å²) in [6.07, 6.45) is 5.24. The summed E-state index contributed by atoms with van der Waals surface area (Å²) in [5, 5.41) is 0. The minimum absolute atomic E-state index is 0.182. The molecule has 0 saturated heterocycles. The summed E-state index contributed by atoms with van der Waals surface area (Å²) in [6.45, 7) is 0.182. The molecule has 0 aliphatic heterocycles. The van der Waals surface area contributed by atoms with Crippen molar-refractivity contribution in [3.8, 4) is 18.1 Å². The SMILES string of the molecule is C#CCC(N)C(=O)OCc1ccc(OC)cc1. The second kappa shape index (κ2) is 6.56. The fourth-order valence-corrected chi connectivity index (χ4v) is 1.19. The molecule has 90 valence electrons. The number of carbonyl (C=O) groups is 1. The van der Waals surface area contributed by atoms with Crippen LogP contribution in [0.15, 0.2) is 24.3 Å². The Labute approximate surface area is 101 Å². The summed E-state index contributed by atoms with van der Waals surface area (Å²) in [7, 11) is 1.59. The van der Waals surface area contributed by atoms with Gasteiger partial charge in [0.2, 0.25) is 0 Å². The summed E-state index contributed by atoms with van der Waals surface area (Å²) in [5.41, 5.74) is 6.37. The van der Waals surface area contributed by atoms with Gasteiger partial charge in [-0.3, -0.25) is 4.79 Å². The maximum absolute atomic E-state index is 11.4. The van der Waals surface area contributed by atoms with Crippen LogP contribution >= 0.6 is 0 Å². The van der Waals surface area contributed by atoms with Crippen LogP contribution in [-0.2, 0) is 16.1 Å². The van der Waals surface area contributed by atoms with E-state index in [1.54, 1.807) is 19.2 Å². The van der Waals surface area contributed by atoms with Crippen LogP contribution in [0.1, 0.15) is 12.0 Å². The van der Waals surface area contributed by atoms with Crippen molar-refractivity contribution >= 4 is 5.97 Å². The normalized spacial score (nSPS) is 11.4. The average molecular weight is 233 g/mol. The summed E-state index contributed by atoms with van der Waals surface area (Å²) in [6, 6.07) is 6.48. The minimum Gasteiger partial charge on any atom is -0.497 e. The third-order valence-electron chi connectivity index (χ3n) is 2.18. The van der Waals surface area contributed by atoms with Crippen molar-refractivity contribution in [2.75, 3.05) is 7.11 Å². The lowest BCUT2D eigenvalue weighted by atomic mass is 10.2. The smallest absolute Gasteiger partial charge is 0.324 e. The van der Waals surface area contributed by atoms with Gasteiger partial charge in [-0.1, -0.05) is 12.1 Å². The lowest BCUT2D eigenvalue weighted by Gasteiger charge is -2.09. The number of esters is 1. The van der Waals surface area contributed by atoms with Crippen molar-refractivity contribution in [3.05, 3.63) is 29.8 Å². The first-order chi connectivity index (χ1) is 8.17. The molecule has 0 amide bonds. The second-order valence-electron chi connectivity index (χ2n) is 3.47. The van der Waals surface area contributed by atoms with E-state index in [9.17, 15) is 4.79 Å². The van der Waals surface area contributed by atoms with E-state index in [0.29, 0.717) is 0 Å². The lowest BCUT2D eigenvalue weighted by Crippen LogP contribution is -2.31. The molecule has 1 unspecified atom stereocenters. The maximum Gasteiger partial charge on any atom is 0.324 e. The molecule has 0 aromatic heterocycles. The van der Waals surface area contributed by atoms with Gasteiger partial charge in [0, 0.05) is 6.42 Å². The molecule has 0 fully saturated rings. The third-order valence-corrected chi connectivity index (χ3v) is 2.18. The van der Waals surface area contributed by atoms with Gasteiger partial charge in [-0.25, -0.2) is 0 Å². The molecule has 0 spiro atoms. The van der Waals surface area contributed by atoms with Crippen molar-refractivity contribution < 1.29 is 14.3 Å². The van der Waals surface area contributed by atoms with Gasteiger partial charge >= 0.3 is 5.97 Å². The molecule has 0 radical (unpaired) electrons. The molecule has 1 rings (SSSR count). The first kappa shape index (κ1) is 13.1. The van der Waals surface area contributed by atoms with Crippen molar-refractivity contribution in [3.63, 3.8) is 0 Å². The summed E-state index contributed by atoms with van der Waals surface area (Å²) in [4.78, 5) is 11.4. The lowest BCUT2D eigenvalue weighted by molar-refractivity contribution is -0.146. The Bertz CT molecular complexity index is 406. The predicted octanol–water partition coefficient (Wildman–Crippen LogP) is 1.09. The highest BCUT2D eigenvalue weighted by molar-refractivity contribution is 5.75. The molecule has 0 aliphatic rings. The number of terminal acetylenes is 1. The first-order valence-corrected chi connectivity index (χ1v) is 5.16. The second-order valence-corrected chi connectivity index (χ2v) is 3.47. The van der Waals surface area contributed by atoms with Crippen LogP contribution in [-0.4, -0.2) is 19.1 Å². The number of hydrogen-bond acceptors (Lipinski definition) is 4. The van der Waals surface area contributed by atoms with Gasteiger partial charge in [-0.2, -0.15) is 0 Å². The van der Waals surface area contributed by atoms with E-state index in [1.807, 2.05) is 12.1 Å². The molecule has 0 aliphatic carbocycles. The monoisotopic (exact) mass is 233 g/mol. The number of benzene rings is 1. The number of methoxy groups -OCH3 is 1. The van der Waals surface area contributed by atoms with Gasteiger partial charge in [0.15, 0.2) is 0 Å². The molecule has 0 saturated carbocycles. The standard InChI is InChI=1S/C13H15NO3/c1-3-4-12(14)13(15)17-9-10-5-7-11(16-2)8-6-10/h1,5-8,12H,4,9,14H2,2H3. The summed E-state index contributed by atoms with van der Waals surface area (Å²) >= 11 is 0. The molecule has 4 nitrogen and oxygen atoms in total. The van der Waals surface area contributed by atoms with E-state index in [4.69, 9.17) is 21.6 Å². The van der Waals surface area contributed by atoms with E-state index >= 15 is 0 Å². The highest BCUT2D eigenvalue weighted by atomic mass is 16.5. The number of carbonyl (C=O) groups excluding carboxylic acids is 1. The molecule has 2 N–H and O–H groups in total. The first-order valence-electron chi connectivity index (χ1n) is 5.16. The Balaban J connectivity index is 2.44. The van der Waals surface area contributed by atoms with Crippen molar-refractivity contribution in [1.29, 1.82) is 0 Å². The zero-order valence-electron chi connectivity index (χ0n) is 9.68. The molecule has 0 heterocycles. The van der Waals surface area contributed by atoms with Crippen LogP contribution < -0.4 is 10.5 Å². The molecule has 4 heteroatoms. The molecule has 1 aromatic carbocycles. The number of ether oxygens (including phenoxy) is 2. The number of hydrogen-bond donors (Lipinski definition) is 1. The Morgan fingerprint density at radius 3 is 2.65 bits per heavy atom. The third kappa shape index (κ3) is 4.17. The Morgan fingerprint density at radius 1 is 1.47 bits per heavy atom. The summed E-state index contributed by atoms with van der Waals surface area (Å²) in [5.74, 6) is 2.59. The van der Waals surface area contributed by atoms with E-state index in [2.05, 4.69) is 5.92 Å². The Kier molecular flexibility index (Phi) is 5.05. The van der Waals surface area contributed by atoms with Gasteiger partial charge < -0.3 is 15.2 Å². The highest BCUT2D eigenvalue weighted by Gasteiger charge is 2.13. The van der Waals surface area contributed by atoms with Gasteiger partial charge in [0.05, 0.1) is 7.11 Å². The van der Waals surface area contributed by atoms with E-state index < -0.39 is 12.0 Å². The fourth-order valence-electron chi connectivity index (χ4n) is 1.19. The van der Waals surface area contributed by atoms with E-state index in [0.717, 1.165) is 11.3 Å². The van der Waals surface area contributed by atoms with Crippen LogP contribution in [0.4, 0.5) is 0 Å². The zero-order chi connectivity index (χ0) is 12.7. The fraction of sp³-hybridized carbons (Fsp3) is 0.308. The van der Waals surface area contributed by atoms with Crippen LogP contribution in [0.3, 0.4) is 0 Å². The largest absolute Gasteiger partial charge is 0.497 e. The van der Waals surface area contributed by atoms with Gasteiger partial charge in [-0.15, -0.1) is 12.3 Å². The molecule has 1 aromatic rings. The Hall–Kier alpha value is -1.99. The van der Waals surface area contributed by atoms with Gasteiger partial charge in [0.1, 0.15) is 18.4 Å². The van der Waals surface area contributed by atoms with Gasteiger partial charge in [-0.05, 0) is 17.7 Å². The zero-order valence-corrected chi connectivity index (χ0v) is 9.68. The van der Waals surface area contributed by atoms with Crippen LogP contribution in [0.2, 0.25) is 0 Å². The van der Waals surface area contributed by atoms with E-state index in [1.165, 1.54) is 0 Å². The van der Waals surface area contributed by atoms with Crippen LogP contribution in [0, 0.1) is 12.3 Å². The molecular weight excluding hydrogens is 218 g/mol. The van der Waals surface area contributed by atoms with Crippen molar-refractivity contribution in [2.45, 2.75) is 19.1 Å². The summed E-state index contributed by atoms with van der Waals surface area (Å²) < 4.78 is 10.0. The quantitative estimate of drug-likeness (QED) is 0.611. The Morgan fingerprint density at radius 2 is 2.12 bits per heavy atom. The molecule has 0 bridgehead atoms. The number of rotatable bonds is 5. The highest BCUT2D eigenvalue weighted by Crippen LogP contribution is 2.12. The van der Waals surface area contributed by atoms with Crippen LogP contribution in [0.5, 0.6) is 5.75 Å². The predicted molar refractivity (Wildman–Crippen MR) is 64.2 cm³/mol. The van der Waals surface area contributed by atoms with Crippen molar-refractivity contribution in [1.82, 2.24) is 0 Å². The molecular formula is C13H15NO3. The topological polar surface area (TPSA) is 61.6 Å². The van der Waals surface area contributed by atoms with Crippen LogP contribution in [0.25, 0.3) is 0 Å².